The fourth-order valence-corrected chi connectivity index (χ4v) is 1.32. The van der Waals surface area contributed by atoms with Crippen LogP contribution < -0.4 is 4.74 Å². The van der Waals surface area contributed by atoms with Crippen molar-refractivity contribution in [3.8, 4) is 5.75 Å². The lowest BCUT2D eigenvalue weighted by molar-refractivity contribution is 0.111. The van der Waals surface area contributed by atoms with Crippen molar-refractivity contribution in [1.82, 2.24) is 0 Å². The van der Waals surface area contributed by atoms with Gasteiger partial charge in [0.1, 0.15) is 0 Å². The van der Waals surface area contributed by atoms with Crippen molar-refractivity contribution in [2.24, 2.45) is 0 Å². The largest absolute Gasteiger partial charge is 0.490 e. The molecule has 0 spiro atoms. The fraction of sp³-hybridized carbons (Fsp3) is 0.308. The number of hydrogen-bond donors (Lipinski definition) is 0. The normalized spacial score (nSPS) is 10.0. The van der Waals surface area contributed by atoms with Crippen LogP contribution in [0.15, 0.2) is 24.8 Å². The molecule has 2 nitrogen and oxygen atoms in total. The SMILES string of the molecule is C=CCCCCOc1ccc(C=O)c(F)c1F. The van der Waals surface area contributed by atoms with Gasteiger partial charge in [-0.25, -0.2) is 4.39 Å². The van der Waals surface area contributed by atoms with Crippen molar-refractivity contribution in [2.45, 2.75) is 19.3 Å². The van der Waals surface area contributed by atoms with E-state index in [0.29, 0.717) is 6.61 Å². The lowest BCUT2D eigenvalue weighted by atomic mass is 10.2. The van der Waals surface area contributed by atoms with Crippen LogP contribution in [0.2, 0.25) is 0 Å². The maximum atomic E-state index is 13.3. The van der Waals surface area contributed by atoms with E-state index >= 15 is 0 Å². The van der Waals surface area contributed by atoms with E-state index in [4.69, 9.17) is 4.74 Å². The number of hydrogen-bond acceptors (Lipinski definition) is 2. The second kappa shape index (κ2) is 6.78. The van der Waals surface area contributed by atoms with Crippen molar-refractivity contribution in [1.29, 1.82) is 0 Å². The Balaban J connectivity index is 2.57. The highest BCUT2D eigenvalue weighted by Crippen LogP contribution is 2.22. The van der Waals surface area contributed by atoms with Crippen molar-refractivity contribution >= 4 is 6.29 Å². The summed E-state index contributed by atoms with van der Waals surface area (Å²) in [5, 5.41) is 0. The first kappa shape index (κ1) is 13.4. The number of ether oxygens (including phenoxy) is 1. The maximum absolute atomic E-state index is 13.3. The second-order valence-electron chi connectivity index (χ2n) is 3.53. The van der Waals surface area contributed by atoms with Gasteiger partial charge in [0.05, 0.1) is 12.2 Å². The highest BCUT2D eigenvalue weighted by Gasteiger charge is 2.13. The number of allylic oxidation sites excluding steroid dienone is 1. The summed E-state index contributed by atoms with van der Waals surface area (Å²) in [6.45, 7) is 3.89. The van der Waals surface area contributed by atoms with Crippen LogP contribution in [0.4, 0.5) is 8.78 Å². The van der Waals surface area contributed by atoms with Gasteiger partial charge >= 0.3 is 0 Å². The number of rotatable bonds is 7. The summed E-state index contributed by atoms with van der Waals surface area (Å²) in [5.41, 5.74) is -0.304. The minimum absolute atomic E-state index is 0.160. The molecule has 4 heteroatoms. The average Bonchev–Trinajstić information content (AvgIpc) is 2.34. The minimum Gasteiger partial charge on any atom is -0.490 e. The lowest BCUT2D eigenvalue weighted by Gasteiger charge is -2.07. The molecule has 0 N–H and O–H groups in total. The monoisotopic (exact) mass is 240 g/mol. The molecule has 17 heavy (non-hydrogen) atoms. The first-order valence-electron chi connectivity index (χ1n) is 5.37. The van der Waals surface area contributed by atoms with Gasteiger partial charge in [0.2, 0.25) is 5.82 Å². The molecule has 0 fully saturated rings. The summed E-state index contributed by atoms with van der Waals surface area (Å²) in [7, 11) is 0. The first-order valence-corrected chi connectivity index (χ1v) is 5.37. The first-order chi connectivity index (χ1) is 8.20. The Morgan fingerprint density at radius 2 is 2.00 bits per heavy atom. The number of aldehydes is 1. The van der Waals surface area contributed by atoms with Gasteiger partial charge in [-0.15, -0.1) is 6.58 Å². The zero-order valence-corrected chi connectivity index (χ0v) is 9.42. The smallest absolute Gasteiger partial charge is 0.201 e. The number of unbranched alkanes of at least 4 members (excludes halogenated alkanes) is 2. The van der Waals surface area contributed by atoms with Gasteiger partial charge in [-0.2, -0.15) is 4.39 Å². The Kier molecular flexibility index (Phi) is 5.33. The summed E-state index contributed by atoms with van der Waals surface area (Å²) in [5.74, 6) is -2.44. The molecule has 1 rings (SSSR count). The van der Waals surface area contributed by atoms with E-state index in [1.165, 1.54) is 12.1 Å². The Bertz CT molecular complexity index is 403. The van der Waals surface area contributed by atoms with Gasteiger partial charge in [-0.1, -0.05) is 6.08 Å². The Morgan fingerprint density at radius 1 is 1.24 bits per heavy atom. The molecule has 0 aliphatic carbocycles. The molecule has 0 atom stereocenters. The predicted octanol–water partition coefficient (Wildman–Crippen LogP) is 3.51. The maximum Gasteiger partial charge on any atom is 0.201 e. The zero-order chi connectivity index (χ0) is 12.7. The van der Waals surface area contributed by atoms with Crippen molar-refractivity contribution in [3.05, 3.63) is 42.0 Å². The van der Waals surface area contributed by atoms with E-state index in [0.717, 1.165) is 19.3 Å². The molecule has 0 saturated carbocycles. The predicted molar refractivity (Wildman–Crippen MR) is 61.3 cm³/mol. The number of carbonyl (C=O) groups is 1. The fourth-order valence-electron chi connectivity index (χ4n) is 1.32. The summed E-state index contributed by atoms with van der Waals surface area (Å²) < 4.78 is 31.6. The molecule has 0 amide bonds. The molecule has 0 heterocycles. The molecule has 0 aromatic heterocycles. The van der Waals surface area contributed by atoms with E-state index in [2.05, 4.69) is 6.58 Å². The van der Waals surface area contributed by atoms with Crippen LogP contribution in [0.3, 0.4) is 0 Å². The van der Waals surface area contributed by atoms with Crippen LogP contribution in [0.25, 0.3) is 0 Å². The van der Waals surface area contributed by atoms with E-state index in [1.54, 1.807) is 6.08 Å². The third kappa shape index (κ3) is 3.66. The second-order valence-corrected chi connectivity index (χ2v) is 3.53. The van der Waals surface area contributed by atoms with Gasteiger partial charge in [0.25, 0.3) is 0 Å². The summed E-state index contributed by atoms with van der Waals surface area (Å²) >= 11 is 0. The summed E-state index contributed by atoms with van der Waals surface area (Å²) in [4.78, 5) is 10.4. The number of carbonyl (C=O) groups excluding carboxylic acids is 1. The molecule has 0 saturated heterocycles. The number of benzene rings is 1. The van der Waals surface area contributed by atoms with Crippen LogP contribution in [0, 0.1) is 11.6 Å². The van der Waals surface area contributed by atoms with E-state index < -0.39 is 11.6 Å². The minimum atomic E-state index is -1.16. The highest BCUT2D eigenvalue weighted by atomic mass is 19.2. The molecule has 0 aliphatic rings. The third-order valence-electron chi connectivity index (χ3n) is 2.26. The quantitative estimate of drug-likeness (QED) is 0.414. The zero-order valence-electron chi connectivity index (χ0n) is 9.42. The summed E-state index contributed by atoms with van der Waals surface area (Å²) in [6, 6.07) is 2.46. The molecule has 0 radical (unpaired) electrons. The van der Waals surface area contributed by atoms with Crippen LogP contribution in [-0.2, 0) is 0 Å². The van der Waals surface area contributed by atoms with Crippen LogP contribution in [-0.4, -0.2) is 12.9 Å². The average molecular weight is 240 g/mol. The molecular formula is C13H14F2O2. The third-order valence-corrected chi connectivity index (χ3v) is 2.26. The lowest BCUT2D eigenvalue weighted by Crippen LogP contribution is -2.02. The van der Waals surface area contributed by atoms with Gasteiger partial charge in [-0.3, -0.25) is 4.79 Å². The molecule has 0 unspecified atom stereocenters. The van der Waals surface area contributed by atoms with Crippen LogP contribution in [0.5, 0.6) is 5.75 Å². The number of halogens is 2. The van der Waals surface area contributed by atoms with Crippen molar-refractivity contribution < 1.29 is 18.3 Å². The molecule has 1 aromatic rings. The van der Waals surface area contributed by atoms with Gasteiger partial charge in [0.15, 0.2) is 17.9 Å². The standard InChI is InChI=1S/C13H14F2O2/c1-2-3-4-5-8-17-11-7-6-10(9-16)12(14)13(11)15/h2,6-7,9H,1,3-5,8H2. The Hall–Kier alpha value is -1.71. The topological polar surface area (TPSA) is 26.3 Å². The van der Waals surface area contributed by atoms with Gasteiger partial charge in [0, 0.05) is 0 Å². The molecule has 0 bridgehead atoms. The van der Waals surface area contributed by atoms with Crippen LogP contribution >= 0.6 is 0 Å². The van der Waals surface area contributed by atoms with Crippen LogP contribution in [0.1, 0.15) is 29.6 Å². The molecular weight excluding hydrogens is 226 g/mol. The van der Waals surface area contributed by atoms with E-state index in [9.17, 15) is 13.6 Å². The van der Waals surface area contributed by atoms with E-state index in [-0.39, 0.29) is 17.6 Å². The molecule has 1 aromatic carbocycles. The van der Waals surface area contributed by atoms with Crippen molar-refractivity contribution in [3.63, 3.8) is 0 Å². The van der Waals surface area contributed by atoms with Crippen molar-refractivity contribution in [2.75, 3.05) is 6.61 Å². The van der Waals surface area contributed by atoms with Gasteiger partial charge < -0.3 is 4.74 Å². The highest BCUT2D eigenvalue weighted by molar-refractivity contribution is 5.75. The van der Waals surface area contributed by atoms with Gasteiger partial charge in [-0.05, 0) is 31.4 Å². The van der Waals surface area contributed by atoms with E-state index in [1.807, 2.05) is 0 Å². The summed E-state index contributed by atoms with van der Waals surface area (Å²) in [6.07, 6.45) is 4.55. The molecule has 92 valence electrons. The Morgan fingerprint density at radius 3 is 2.65 bits per heavy atom. The molecule has 0 aliphatic heterocycles. The Labute approximate surface area is 98.9 Å².